The highest BCUT2D eigenvalue weighted by Gasteiger charge is 2.12. The van der Waals surface area contributed by atoms with E-state index in [-0.39, 0.29) is 18.5 Å². The lowest BCUT2D eigenvalue weighted by Gasteiger charge is -2.09. The maximum atomic E-state index is 11.9. The van der Waals surface area contributed by atoms with E-state index in [0.717, 1.165) is 5.82 Å². The number of benzene rings is 1. The number of nitrogens with zero attached hydrogens (tertiary/aromatic N) is 3. The Hall–Kier alpha value is -1.79. The largest absolute Gasteiger partial charge is 0.331 e. The SMILES string of the molecule is CC(C)c1nnc(CNC(=O)Nc2cc(Cl)cc(Cl)c2)n1C. The third-order valence-electron chi connectivity index (χ3n) is 3.04. The van der Waals surface area contributed by atoms with Gasteiger partial charge in [-0.2, -0.15) is 0 Å². The number of carbonyl (C=O) groups excluding carboxylic acids is 1. The molecule has 2 rings (SSSR count). The number of aromatic nitrogens is 3. The first kappa shape index (κ1) is 16.6. The van der Waals surface area contributed by atoms with Gasteiger partial charge in [0, 0.05) is 28.7 Å². The molecule has 0 aliphatic rings. The quantitative estimate of drug-likeness (QED) is 0.892. The van der Waals surface area contributed by atoms with Gasteiger partial charge in [-0.25, -0.2) is 4.79 Å². The fraction of sp³-hybridized carbons (Fsp3) is 0.357. The van der Waals surface area contributed by atoms with Gasteiger partial charge >= 0.3 is 6.03 Å². The van der Waals surface area contributed by atoms with Crippen molar-refractivity contribution in [3.63, 3.8) is 0 Å². The summed E-state index contributed by atoms with van der Waals surface area (Å²) in [6.07, 6.45) is 0. The van der Waals surface area contributed by atoms with E-state index in [9.17, 15) is 4.79 Å². The molecule has 22 heavy (non-hydrogen) atoms. The van der Waals surface area contributed by atoms with Crippen LogP contribution in [0.3, 0.4) is 0 Å². The Balaban J connectivity index is 1.95. The first-order chi connectivity index (χ1) is 10.4. The van der Waals surface area contributed by atoms with E-state index >= 15 is 0 Å². The summed E-state index contributed by atoms with van der Waals surface area (Å²) in [5.41, 5.74) is 0.524. The van der Waals surface area contributed by atoms with Crippen LogP contribution in [0.25, 0.3) is 0 Å². The van der Waals surface area contributed by atoms with Gasteiger partial charge < -0.3 is 15.2 Å². The van der Waals surface area contributed by atoms with Gasteiger partial charge in [-0.05, 0) is 18.2 Å². The Morgan fingerprint density at radius 1 is 1.23 bits per heavy atom. The van der Waals surface area contributed by atoms with Crippen LogP contribution in [-0.2, 0) is 13.6 Å². The van der Waals surface area contributed by atoms with Crippen molar-refractivity contribution < 1.29 is 4.79 Å². The Kier molecular flexibility index (Phi) is 5.26. The van der Waals surface area contributed by atoms with Crippen LogP contribution in [0.15, 0.2) is 18.2 Å². The lowest BCUT2D eigenvalue weighted by atomic mass is 10.2. The number of hydrogen-bond acceptors (Lipinski definition) is 3. The van der Waals surface area contributed by atoms with Gasteiger partial charge in [-0.3, -0.25) is 0 Å². The minimum atomic E-state index is -0.368. The number of hydrogen-bond donors (Lipinski definition) is 2. The number of nitrogens with one attached hydrogen (secondary N) is 2. The van der Waals surface area contributed by atoms with Crippen molar-refractivity contribution in [1.82, 2.24) is 20.1 Å². The average molecular weight is 342 g/mol. The first-order valence-electron chi connectivity index (χ1n) is 6.76. The van der Waals surface area contributed by atoms with E-state index in [2.05, 4.69) is 20.8 Å². The van der Waals surface area contributed by atoms with Crippen molar-refractivity contribution in [3.05, 3.63) is 39.9 Å². The molecule has 1 aromatic carbocycles. The lowest BCUT2D eigenvalue weighted by molar-refractivity contribution is 0.251. The van der Waals surface area contributed by atoms with E-state index in [1.165, 1.54) is 0 Å². The van der Waals surface area contributed by atoms with E-state index in [0.29, 0.717) is 21.6 Å². The minimum Gasteiger partial charge on any atom is -0.331 e. The second-order valence-corrected chi connectivity index (χ2v) is 6.03. The number of anilines is 1. The molecule has 0 saturated carbocycles. The van der Waals surface area contributed by atoms with E-state index in [1.54, 1.807) is 18.2 Å². The summed E-state index contributed by atoms with van der Waals surface area (Å²) in [4.78, 5) is 11.9. The molecule has 0 saturated heterocycles. The van der Waals surface area contributed by atoms with Gasteiger partial charge in [-0.1, -0.05) is 37.0 Å². The van der Waals surface area contributed by atoms with E-state index < -0.39 is 0 Å². The topological polar surface area (TPSA) is 71.8 Å². The molecule has 118 valence electrons. The smallest absolute Gasteiger partial charge is 0.319 e. The number of amides is 2. The summed E-state index contributed by atoms with van der Waals surface area (Å²) >= 11 is 11.8. The second kappa shape index (κ2) is 6.98. The standard InChI is InChI=1S/C14H17Cl2N5O/c1-8(2)13-20-19-12(21(13)3)7-17-14(22)18-11-5-9(15)4-10(16)6-11/h4-6,8H,7H2,1-3H3,(H2,17,18,22). The summed E-state index contributed by atoms with van der Waals surface area (Å²) in [6, 6.07) is 4.46. The van der Waals surface area contributed by atoms with Gasteiger partial charge in [0.05, 0.1) is 6.54 Å². The molecule has 0 radical (unpaired) electrons. The molecular weight excluding hydrogens is 325 g/mol. The Morgan fingerprint density at radius 2 is 1.86 bits per heavy atom. The van der Waals surface area contributed by atoms with Crippen LogP contribution in [0.2, 0.25) is 10.0 Å². The third-order valence-corrected chi connectivity index (χ3v) is 3.48. The number of urea groups is 1. The van der Waals surface area contributed by atoms with Crippen LogP contribution in [0, 0.1) is 0 Å². The Morgan fingerprint density at radius 3 is 2.41 bits per heavy atom. The maximum Gasteiger partial charge on any atom is 0.319 e. The monoisotopic (exact) mass is 341 g/mol. The molecule has 0 atom stereocenters. The Labute approximate surface area is 138 Å². The van der Waals surface area contributed by atoms with Crippen LogP contribution < -0.4 is 10.6 Å². The van der Waals surface area contributed by atoms with Crippen molar-refractivity contribution in [2.45, 2.75) is 26.3 Å². The van der Waals surface area contributed by atoms with Crippen molar-refractivity contribution in [2.24, 2.45) is 7.05 Å². The van der Waals surface area contributed by atoms with Gasteiger partial charge in [0.15, 0.2) is 5.82 Å². The molecule has 2 N–H and O–H groups in total. The summed E-state index contributed by atoms with van der Waals surface area (Å²) in [7, 11) is 1.88. The summed E-state index contributed by atoms with van der Waals surface area (Å²) in [5.74, 6) is 1.83. The highest BCUT2D eigenvalue weighted by atomic mass is 35.5. The van der Waals surface area contributed by atoms with Crippen molar-refractivity contribution in [1.29, 1.82) is 0 Å². The normalized spacial score (nSPS) is 10.8. The number of carbonyl (C=O) groups is 1. The zero-order valence-corrected chi connectivity index (χ0v) is 14.0. The lowest BCUT2D eigenvalue weighted by Crippen LogP contribution is -2.29. The summed E-state index contributed by atoms with van der Waals surface area (Å²) in [6.45, 7) is 4.35. The zero-order valence-electron chi connectivity index (χ0n) is 12.5. The fourth-order valence-corrected chi connectivity index (χ4v) is 2.52. The van der Waals surface area contributed by atoms with Crippen LogP contribution in [-0.4, -0.2) is 20.8 Å². The molecule has 0 spiro atoms. The molecule has 0 fully saturated rings. The van der Waals surface area contributed by atoms with E-state index in [4.69, 9.17) is 23.2 Å². The van der Waals surface area contributed by atoms with Gasteiger partial charge in [-0.15, -0.1) is 10.2 Å². The predicted octanol–water partition coefficient (Wildman–Crippen LogP) is 3.57. The predicted molar refractivity (Wildman–Crippen MR) is 87.4 cm³/mol. The van der Waals surface area contributed by atoms with Crippen LogP contribution >= 0.6 is 23.2 Å². The summed E-state index contributed by atoms with van der Waals surface area (Å²) < 4.78 is 1.88. The van der Waals surface area contributed by atoms with Gasteiger partial charge in [0.25, 0.3) is 0 Å². The molecule has 1 heterocycles. The highest BCUT2D eigenvalue weighted by Crippen LogP contribution is 2.22. The van der Waals surface area contributed by atoms with Crippen molar-refractivity contribution in [3.8, 4) is 0 Å². The van der Waals surface area contributed by atoms with Crippen LogP contribution in [0.1, 0.15) is 31.4 Å². The maximum absolute atomic E-state index is 11.9. The molecule has 1 aromatic heterocycles. The highest BCUT2D eigenvalue weighted by molar-refractivity contribution is 6.35. The zero-order chi connectivity index (χ0) is 16.3. The molecule has 0 aliphatic heterocycles. The molecular formula is C14H17Cl2N5O. The fourth-order valence-electron chi connectivity index (χ4n) is 1.99. The van der Waals surface area contributed by atoms with Crippen molar-refractivity contribution >= 4 is 34.9 Å². The molecule has 8 heteroatoms. The van der Waals surface area contributed by atoms with Crippen LogP contribution in [0.4, 0.5) is 10.5 Å². The second-order valence-electron chi connectivity index (χ2n) is 5.15. The number of rotatable bonds is 4. The number of halogens is 2. The van der Waals surface area contributed by atoms with Gasteiger partial charge in [0.1, 0.15) is 5.82 Å². The average Bonchev–Trinajstić information content (AvgIpc) is 2.76. The van der Waals surface area contributed by atoms with Crippen LogP contribution in [0.5, 0.6) is 0 Å². The third kappa shape index (κ3) is 4.11. The van der Waals surface area contributed by atoms with Gasteiger partial charge in [0.2, 0.25) is 0 Å². The minimum absolute atomic E-state index is 0.272. The first-order valence-corrected chi connectivity index (χ1v) is 7.51. The van der Waals surface area contributed by atoms with E-state index in [1.807, 2.05) is 25.5 Å². The molecule has 2 amide bonds. The summed E-state index contributed by atoms with van der Waals surface area (Å²) in [5, 5.41) is 14.5. The molecule has 6 nitrogen and oxygen atoms in total. The molecule has 2 aromatic rings. The molecule has 0 bridgehead atoms. The Bertz CT molecular complexity index is 664. The van der Waals surface area contributed by atoms with Crippen molar-refractivity contribution in [2.75, 3.05) is 5.32 Å². The molecule has 0 aliphatic carbocycles. The molecule has 0 unspecified atom stereocenters.